The van der Waals surface area contributed by atoms with Gasteiger partial charge in [-0.1, -0.05) is 35.9 Å². The molecule has 1 N–H and O–H groups in total. The Bertz CT molecular complexity index is 1060. The van der Waals surface area contributed by atoms with Crippen molar-refractivity contribution in [2.45, 2.75) is 6.92 Å². The number of anilines is 1. The van der Waals surface area contributed by atoms with Gasteiger partial charge in [0.05, 0.1) is 23.3 Å². The second-order valence-corrected chi connectivity index (χ2v) is 7.17. The molecular weight excluding hydrogens is 396 g/mol. The van der Waals surface area contributed by atoms with E-state index in [9.17, 15) is 9.59 Å². The highest BCUT2D eigenvalue weighted by molar-refractivity contribution is 7.11. The number of halogens is 1. The zero-order valence-corrected chi connectivity index (χ0v) is 16.8. The van der Waals surface area contributed by atoms with E-state index in [-0.39, 0.29) is 5.91 Å². The number of thiazole rings is 1. The molecule has 1 amide bonds. The van der Waals surface area contributed by atoms with Gasteiger partial charge in [-0.05, 0) is 42.8 Å². The third kappa shape index (κ3) is 4.65. The first kappa shape index (κ1) is 19.8. The van der Waals surface area contributed by atoms with E-state index in [1.165, 1.54) is 18.4 Å². The summed E-state index contributed by atoms with van der Waals surface area (Å²) >= 11 is 7.45. The Morgan fingerprint density at radius 3 is 2.64 bits per heavy atom. The molecule has 0 spiro atoms. The molecule has 1 aromatic heterocycles. The van der Waals surface area contributed by atoms with Crippen LogP contribution in [0.4, 0.5) is 5.69 Å². The first-order chi connectivity index (χ1) is 13.5. The number of aromatic nitrogens is 1. The predicted molar refractivity (Wildman–Crippen MR) is 113 cm³/mol. The molecule has 2 aromatic carbocycles. The van der Waals surface area contributed by atoms with E-state index in [0.29, 0.717) is 26.9 Å². The van der Waals surface area contributed by atoms with E-state index in [1.54, 1.807) is 48.5 Å². The van der Waals surface area contributed by atoms with Crippen LogP contribution >= 0.6 is 22.9 Å². The van der Waals surface area contributed by atoms with Crippen LogP contribution in [0.5, 0.6) is 0 Å². The highest BCUT2D eigenvalue weighted by Crippen LogP contribution is 2.25. The summed E-state index contributed by atoms with van der Waals surface area (Å²) in [5.74, 6) is -0.782. The molecular formula is C21H17ClN2O3S. The number of carbonyl (C=O) groups is 2. The van der Waals surface area contributed by atoms with E-state index in [2.05, 4.69) is 10.3 Å². The van der Waals surface area contributed by atoms with Crippen molar-refractivity contribution in [1.82, 2.24) is 4.98 Å². The Morgan fingerprint density at radius 2 is 1.96 bits per heavy atom. The van der Waals surface area contributed by atoms with E-state index >= 15 is 0 Å². The van der Waals surface area contributed by atoms with E-state index in [0.717, 1.165) is 11.3 Å². The van der Waals surface area contributed by atoms with E-state index in [4.69, 9.17) is 16.3 Å². The summed E-state index contributed by atoms with van der Waals surface area (Å²) in [6, 6.07) is 14.0. The zero-order valence-electron chi connectivity index (χ0n) is 15.2. The van der Waals surface area contributed by atoms with Crippen LogP contribution in [0.3, 0.4) is 0 Å². The molecule has 7 heteroatoms. The van der Waals surface area contributed by atoms with Gasteiger partial charge in [0.15, 0.2) is 0 Å². The van der Waals surface area contributed by atoms with Crippen molar-refractivity contribution in [3.05, 3.63) is 80.8 Å². The Hall–Kier alpha value is -2.96. The van der Waals surface area contributed by atoms with Gasteiger partial charge in [-0.2, -0.15) is 0 Å². The number of nitrogens with zero attached hydrogens (tertiary/aromatic N) is 1. The fourth-order valence-corrected chi connectivity index (χ4v) is 3.53. The van der Waals surface area contributed by atoms with Crippen LogP contribution in [0.1, 0.15) is 26.6 Å². The molecule has 142 valence electrons. The number of aryl methyl sites for hydroxylation is 1. The van der Waals surface area contributed by atoms with Crippen molar-refractivity contribution in [2.75, 3.05) is 12.4 Å². The molecule has 1 heterocycles. The standard InChI is InChI=1S/C21H17ClN2O3S/c1-13-12-28-20(23-13)17(21(26)27-2)11-14-6-5-7-15(10-14)24-19(25)16-8-3-4-9-18(16)22/h3-12H,1-2H3,(H,24,25)/b17-11-. The van der Waals surface area contributed by atoms with E-state index < -0.39 is 5.97 Å². The summed E-state index contributed by atoms with van der Waals surface area (Å²) in [6.45, 7) is 1.86. The monoisotopic (exact) mass is 412 g/mol. The highest BCUT2D eigenvalue weighted by Gasteiger charge is 2.16. The van der Waals surface area contributed by atoms with Crippen molar-refractivity contribution in [3.8, 4) is 0 Å². The number of carbonyl (C=O) groups excluding carboxylic acids is 2. The van der Waals surface area contributed by atoms with Gasteiger partial charge in [0.2, 0.25) is 0 Å². The first-order valence-electron chi connectivity index (χ1n) is 8.36. The van der Waals surface area contributed by atoms with Crippen molar-refractivity contribution < 1.29 is 14.3 Å². The van der Waals surface area contributed by atoms with E-state index in [1.807, 2.05) is 18.4 Å². The minimum Gasteiger partial charge on any atom is -0.465 e. The predicted octanol–water partition coefficient (Wildman–Crippen LogP) is 5.07. The lowest BCUT2D eigenvalue weighted by Gasteiger charge is -2.08. The second kappa shape index (κ2) is 8.82. The lowest BCUT2D eigenvalue weighted by atomic mass is 10.1. The summed E-state index contributed by atoms with van der Waals surface area (Å²) in [7, 11) is 1.33. The Morgan fingerprint density at radius 1 is 1.18 bits per heavy atom. The lowest BCUT2D eigenvalue weighted by Crippen LogP contribution is -2.12. The highest BCUT2D eigenvalue weighted by atomic mass is 35.5. The van der Waals surface area contributed by atoms with Gasteiger partial charge in [0, 0.05) is 16.8 Å². The summed E-state index contributed by atoms with van der Waals surface area (Å²) in [5.41, 5.74) is 2.88. The van der Waals surface area contributed by atoms with Gasteiger partial charge in [0.1, 0.15) is 5.01 Å². The van der Waals surface area contributed by atoms with Gasteiger partial charge in [0.25, 0.3) is 5.91 Å². The van der Waals surface area contributed by atoms with Crippen LogP contribution in [-0.2, 0) is 9.53 Å². The molecule has 0 saturated heterocycles. The molecule has 0 aliphatic rings. The van der Waals surface area contributed by atoms with Crippen molar-refractivity contribution >= 4 is 52.2 Å². The minimum atomic E-state index is -0.472. The molecule has 0 radical (unpaired) electrons. The molecule has 0 aliphatic heterocycles. The topological polar surface area (TPSA) is 68.3 Å². The molecule has 0 fully saturated rings. The fourth-order valence-electron chi connectivity index (χ4n) is 2.51. The third-order valence-corrected chi connectivity index (χ3v) is 5.15. The summed E-state index contributed by atoms with van der Waals surface area (Å²) in [6.07, 6.45) is 1.69. The van der Waals surface area contributed by atoms with Crippen LogP contribution in [0.25, 0.3) is 11.6 Å². The van der Waals surface area contributed by atoms with Gasteiger partial charge in [-0.15, -0.1) is 11.3 Å². The number of ether oxygens (including phenoxy) is 1. The summed E-state index contributed by atoms with van der Waals surface area (Å²) in [5, 5.41) is 5.64. The van der Waals surface area contributed by atoms with Crippen LogP contribution in [0.2, 0.25) is 5.02 Å². The minimum absolute atomic E-state index is 0.310. The maximum atomic E-state index is 12.5. The second-order valence-electron chi connectivity index (χ2n) is 5.90. The van der Waals surface area contributed by atoms with Crippen LogP contribution in [0.15, 0.2) is 53.9 Å². The normalized spacial score (nSPS) is 11.2. The molecule has 3 rings (SSSR count). The number of rotatable bonds is 5. The fraction of sp³-hybridized carbons (Fsp3) is 0.0952. The number of esters is 1. The third-order valence-electron chi connectivity index (χ3n) is 3.83. The van der Waals surface area contributed by atoms with Crippen LogP contribution in [0, 0.1) is 6.92 Å². The first-order valence-corrected chi connectivity index (χ1v) is 9.62. The maximum absolute atomic E-state index is 12.5. The smallest absolute Gasteiger partial charge is 0.340 e. The van der Waals surface area contributed by atoms with Crippen LogP contribution < -0.4 is 5.32 Å². The molecule has 0 atom stereocenters. The Balaban J connectivity index is 1.89. The Kier molecular flexibility index (Phi) is 6.23. The number of hydrogen-bond acceptors (Lipinski definition) is 5. The molecule has 0 saturated carbocycles. The number of benzene rings is 2. The molecule has 0 aliphatic carbocycles. The number of hydrogen-bond donors (Lipinski definition) is 1. The summed E-state index contributed by atoms with van der Waals surface area (Å²) in [4.78, 5) is 29.0. The largest absolute Gasteiger partial charge is 0.465 e. The molecule has 5 nitrogen and oxygen atoms in total. The van der Waals surface area contributed by atoms with Gasteiger partial charge < -0.3 is 10.1 Å². The zero-order chi connectivity index (χ0) is 20.1. The van der Waals surface area contributed by atoms with Gasteiger partial charge in [-0.3, -0.25) is 4.79 Å². The molecule has 0 unspecified atom stereocenters. The number of nitrogens with one attached hydrogen (secondary N) is 1. The maximum Gasteiger partial charge on any atom is 0.340 e. The lowest BCUT2D eigenvalue weighted by molar-refractivity contribution is -0.133. The molecule has 0 bridgehead atoms. The molecule has 28 heavy (non-hydrogen) atoms. The quantitative estimate of drug-likeness (QED) is 0.469. The Labute approximate surface area is 171 Å². The van der Waals surface area contributed by atoms with Gasteiger partial charge in [-0.25, -0.2) is 9.78 Å². The number of amides is 1. The molecule has 3 aromatic rings. The number of methoxy groups -OCH3 is 1. The van der Waals surface area contributed by atoms with Crippen molar-refractivity contribution in [1.29, 1.82) is 0 Å². The van der Waals surface area contributed by atoms with Crippen LogP contribution in [-0.4, -0.2) is 24.0 Å². The average molecular weight is 413 g/mol. The SMILES string of the molecule is COC(=O)/C(=C\c1cccc(NC(=O)c2ccccc2Cl)c1)c1nc(C)cs1. The van der Waals surface area contributed by atoms with Crippen molar-refractivity contribution in [3.63, 3.8) is 0 Å². The van der Waals surface area contributed by atoms with Crippen molar-refractivity contribution in [2.24, 2.45) is 0 Å². The van der Waals surface area contributed by atoms with Gasteiger partial charge >= 0.3 is 5.97 Å². The summed E-state index contributed by atoms with van der Waals surface area (Å²) < 4.78 is 4.89. The average Bonchev–Trinajstić information content (AvgIpc) is 3.12.